The lowest BCUT2D eigenvalue weighted by Crippen LogP contribution is -2.53. The molecule has 3 fully saturated rings. The van der Waals surface area contributed by atoms with Crippen molar-refractivity contribution in [3.63, 3.8) is 0 Å². The highest BCUT2D eigenvalue weighted by atomic mass is 19.3. The third kappa shape index (κ3) is 3.30. The average molecular weight is 352 g/mol. The molecule has 1 amide bonds. The fraction of sp³-hybridized carbons (Fsp3) is 0.778. The number of hydrogen-bond donors (Lipinski definition) is 1. The van der Waals surface area contributed by atoms with Crippen LogP contribution < -0.4 is 5.32 Å². The van der Waals surface area contributed by atoms with Crippen molar-refractivity contribution in [2.45, 2.75) is 57.0 Å². The minimum Gasteiger partial charge on any atom is -0.353 e. The van der Waals surface area contributed by atoms with E-state index >= 15 is 0 Å². The largest absolute Gasteiger partial charge is 0.353 e. The molecule has 2 heterocycles. The van der Waals surface area contributed by atoms with Crippen LogP contribution in [0.5, 0.6) is 0 Å². The number of nitrogens with one attached hydrogen (secondary N) is 1. The van der Waals surface area contributed by atoms with Gasteiger partial charge >= 0.3 is 0 Å². The zero-order valence-electron chi connectivity index (χ0n) is 14.7. The lowest BCUT2D eigenvalue weighted by atomic mass is 9.76. The van der Waals surface area contributed by atoms with E-state index < -0.39 is 5.92 Å². The molecule has 0 unspecified atom stereocenters. The highest BCUT2D eigenvalue weighted by Crippen LogP contribution is 2.50. The molecule has 0 radical (unpaired) electrons. The second-order valence-electron chi connectivity index (χ2n) is 8.26. The van der Waals surface area contributed by atoms with E-state index in [-0.39, 0.29) is 36.1 Å². The average Bonchev–Trinajstić information content (AvgIpc) is 3.20. The van der Waals surface area contributed by atoms with Crippen molar-refractivity contribution < 1.29 is 13.6 Å². The van der Waals surface area contributed by atoms with Crippen molar-refractivity contribution in [1.82, 2.24) is 20.0 Å². The second-order valence-corrected chi connectivity index (χ2v) is 8.26. The molecule has 1 aliphatic heterocycles. The van der Waals surface area contributed by atoms with Crippen LogP contribution in [0.3, 0.4) is 0 Å². The summed E-state index contributed by atoms with van der Waals surface area (Å²) in [5.41, 5.74) is 1.22. The Bertz CT molecular complexity index is 653. The molecule has 25 heavy (non-hydrogen) atoms. The molecule has 2 atom stereocenters. The van der Waals surface area contributed by atoms with Gasteiger partial charge in [0.1, 0.15) is 0 Å². The fourth-order valence-electron chi connectivity index (χ4n) is 5.03. The first-order valence-corrected chi connectivity index (χ1v) is 9.23. The molecule has 138 valence electrons. The number of nitrogens with zero attached hydrogens (tertiary/aromatic N) is 3. The molecule has 1 aromatic heterocycles. The number of aromatic nitrogens is 2. The van der Waals surface area contributed by atoms with Crippen LogP contribution in [0.25, 0.3) is 0 Å². The van der Waals surface area contributed by atoms with E-state index in [1.807, 2.05) is 19.4 Å². The van der Waals surface area contributed by atoms with Gasteiger partial charge in [0.15, 0.2) is 0 Å². The molecule has 2 aliphatic carbocycles. The number of carbonyl (C=O) groups is 1. The Morgan fingerprint density at radius 1 is 1.40 bits per heavy atom. The van der Waals surface area contributed by atoms with Gasteiger partial charge in [-0.2, -0.15) is 5.10 Å². The maximum Gasteiger partial charge on any atom is 0.252 e. The molecule has 1 N–H and O–H groups in total. The summed E-state index contributed by atoms with van der Waals surface area (Å²) in [5.74, 6) is -2.61. The highest BCUT2D eigenvalue weighted by Gasteiger charge is 2.52. The van der Waals surface area contributed by atoms with Gasteiger partial charge in [-0.1, -0.05) is 6.42 Å². The Morgan fingerprint density at radius 3 is 2.88 bits per heavy atom. The van der Waals surface area contributed by atoms with Gasteiger partial charge in [-0.25, -0.2) is 8.78 Å². The number of likely N-dealkylation sites (tertiary alicyclic amines) is 1. The zero-order chi connectivity index (χ0) is 17.7. The summed E-state index contributed by atoms with van der Waals surface area (Å²) in [6.07, 6.45) is 7.54. The van der Waals surface area contributed by atoms with E-state index in [9.17, 15) is 13.6 Å². The molecule has 3 aliphatic rings. The lowest BCUT2D eigenvalue weighted by molar-refractivity contribution is -0.135. The second kappa shape index (κ2) is 6.04. The van der Waals surface area contributed by atoms with Crippen molar-refractivity contribution in [1.29, 1.82) is 0 Å². The van der Waals surface area contributed by atoms with Crippen LogP contribution in [0.1, 0.15) is 44.1 Å². The van der Waals surface area contributed by atoms with Crippen LogP contribution in [-0.2, 0) is 18.4 Å². The fourth-order valence-corrected chi connectivity index (χ4v) is 5.03. The molecule has 1 spiro atoms. The van der Waals surface area contributed by atoms with Crippen molar-refractivity contribution in [3.8, 4) is 0 Å². The molecule has 1 aromatic rings. The molecule has 0 bridgehead atoms. The third-order valence-electron chi connectivity index (χ3n) is 6.29. The lowest BCUT2D eigenvalue weighted by Gasteiger charge is -2.38. The predicted octanol–water partition coefficient (Wildman–Crippen LogP) is 2.33. The summed E-state index contributed by atoms with van der Waals surface area (Å²) < 4.78 is 27.8. The number of halogens is 2. The van der Waals surface area contributed by atoms with Crippen LogP contribution >= 0.6 is 0 Å². The number of alkyl halides is 2. The number of hydrogen-bond acceptors (Lipinski definition) is 3. The highest BCUT2D eigenvalue weighted by molar-refractivity contribution is 5.80. The van der Waals surface area contributed by atoms with E-state index in [0.29, 0.717) is 0 Å². The maximum atomic E-state index is 13.0. The summed E-state index contributed by atoms with van der Waals surface area (Å²) in [7, 11) is 1.91. The monoisotopic (exact) mass is 352 g/mol. The zero-order valence-corrected chi connectivity index (χ0v) is 14.7. The maximum absolute atomic E-state index is 13.0. The minimum absolute atomic E-state index is 0.00114. The minimum atomic E-state index is -2.58. The number of rotatable bonds is 4. The van der Waals surface area contributed by atoms with E-state index in [2.05, 4.69) is 15.3 Å². The van der Waals surface area contributed by atoms with Crippen LogP contribution in [-0.4, -0.2) is 45.6 Å². The van der Waals surface area contributed by atoms with Crippen molar-refractivity contribution >= 4 is 5.91 Å². The summed E-state index contributed by atoms with van der Waals surface area (Å²) >= 11 is 0. The SMILES string of the molecule is Cn1cc(CN2CC[C@]3(CCC[C@@H]3C(=O)NC3CC(F)(F)C3)C2)cn1. The first kappa shape index (κ1) is 16.9. The summed E-state index contributed by atoms with van der Waals surface area (Å²) in [5, 5.41) is 7.10. The van der Waals surface area contributed by atoms with Crippen LogP contribution in [0.4, 0.5) is 8.78 Å². The van der Waals surface area contributed by atoms with Gasteiger partial charge in [-0.05, 0) is 31.2 Å². The van der Waals surface area contributed by atoms with Gasteiger partial charge in [0.25, 0.3) is 5.92 Å². The molecule has 2 saturated carbocycles. The number of aryl methyl sites for hydroxylation is 1. The van der Waals surface area contributed by atoms with E-state index in [4.69, 9.17) is 0 Å². The predicted molar refractivity (Wildman–Crippen MR) is 89.0 cm³/mol. The van der Waals surface area contributed by atoms with Gasteiger partial charge in [0, 0.05) is 56.7 Å². The van der Waals surface area contributed by atoms with Gasteiger partial charge in [0.2, 0.25) is 5.91 Å². The Balaban J connectivity index is 1.36. The quantitative estimate of drug-likeness (QED) is 0.905. The van der Waals surface area contributed by atoms with Gasteiger partial charge in [0.05, 0.1) is 6.20 Å². The Kier molecular flexibility index (Phi) is 4.09. The Hall–Kier alpha value is -1.50. The van der Waals surface area contributed by atoms with Crippen molar-refractivity contribution in [2.24, 2.45) is 18.4 Å². The normalized spacial score (nSPS) is 32.2. The first-order valence-electron chi connectivity index (χ1n) is 9.23. The van der Waals surface area contributed by atoms with Gasteiger partial charge in [-0.3, -0.25) is 14.4 Å². The Labute approximate surface area is 146 Å². The van der Waals surface area contributed by atoms with E-state index in [1.54, 1.807) is 4.68 Å². The standard InChI is InChI=1S/C18H26F2N4O/c1-23-10-13(9-21-23)11-24-6-5-17(12-24)4-2-3-15(17)16(25)22-14-7-18(19,20)8-14/h9-10,14-15H,2-8,11-12H2,1H3,(H,22,25)/t15-,17-/m1/s1. The van der Waals surface area contributed by atoms with Crippen LogP contribution in [0, 0.1) is 11.3 Å². The van der Waals surface area contributed by atoms with Crippen LogP contribution in [0.15, 0.2) is 12.4 Å². The topological polar surface area (TPSA) is 50.2 Å². The van der Waals surface area contributed by atoms with Crippen LogP contribution in [0.2, 0.25) is 0 Å². The first-order chi connectivity index (χ1) is 11.9. The summed E-state index contributed by atoms with van der Waals surface area (Å²) in [6.45, 7) is 2.76. The smallest absolute Gasteiger partial charge is 0.252 e. The molecular formula is C18H26F2N4O. The summed E-state index contributed by atoms with van der Waals surface area (Å²) in [6, 6.07) is -0.340. The number of carbonyl (C=O) groups excluding carboxylic acids is 1. The number of amides is 1. The molecule has 0 aromatic carbocycles. The van der Waals surface area contributed by atoms with Crippen molar-refractivity contribution in [3.05, 3.63) is 18.0 Å². The van der Waals surface area contributed by atoms with Gasteiger partial charge in [-0.15, -0.1) is 0 Å². The molecule has 5 nitrogen and oxygen atoms in total. The van der Waals surface area contributed by atoms with E-state index in [0.717, 1.165) is 45.3 Å². The molecule has 1 saturated heterocycles. The Morgan fingerprint density at radius 2 is 2.20 bits per heavy atom. The molecule has 4 rings (SSSR count). The molecular weight excluding hydrogens is 326 g/mol. The summed E-state index contributed by atoms with van der Waals surface area (Å²) in [4.78, 5) is 15.1. The third-order valence-corrected chi connectivity index (χ3v) is 6.29. The van der Waals surface area contributed by atoms with Crippen molar-refractivity contribution in [2.75, 3.05) is 13.1 Å². The molecule has 7 heteroatoms. The van der Waals surface area contributed by atoms with E-state index in [1.165, 1.54) is 5.56 Å². The van der Waals surface area contributed by atoms with Gasteiger partial charge < -0.3 is 5.32 Å².